The normalized spacial score (nSPS) is 20.3. The maximum Gasteiger partial charge on any atom is 0.150 e. The van der Waals surface area contributed by atoms with E-state index < -0.39 is 9.84 Å². The summed E-state index contributed by atoms with van der Waals surface area (Å²) in [5, 5.41) is 3.39. The first-order chi connectivity index (χ1) is 8.05. The third-order valence-corrected chi connectivity index (χ3v) is 4.84. The third-order valence-electron chi connectivity index (χ3n) is 3.12. The first kappa shape index (κ1) is 12.5. The van der Waals surface area contributed by atoms with Crippen LogP contribution >= 0.6 is 0 Å². The van der Waals surface area contributed by atoms with Crippen molar-refractivity contribution in [2.45, 2.75) is 32.4 Å². The lowest BCUT2D eigenvalue weighted by atomic mass is 10.1. The Hall–Kier alpha value is -0.940. The molecular weight excluding hydrogens is 236 g/mol. The molecule has 0 spiro atoms. The second-order valence-electron chi connectivity index (χ2n) is 4.61. The molecule has 1 aliphatic rings. The van der Waals surface area contributed by atoms with Crippen LogP contribution in [-0.4, -0.2) is 30.9 Å². The molecule has 0 aromatic carbocycles. The minimum absolute atomic E-state index is 0.316. The highest BCUT2D eigenvalue weighted by atomic mass is 32.2. The number of nitrogens with zero attached hydrogens (tertiary/aromatic N) is 1. The van der Waals surface area contributed by atoms with E-state index in [2.05, 4.69) is 16.4 Å². The van der Waals surface area contributed by atoms with Gasteiger partial charge < -0.3 is 5.32 Å². The molecule has 1 N–H and O–H groups in total. The van der Waals surface area contributed by atoms with E-state index in [0.717, 1.165) is 30.6 Å². The van der Waals surface area contributed by atoms with Crippen LogP contribution in [0.4, 0.5) is 0 Å². The van der Waals surface area contributed by atoms with E-state index >= 15 is 0 Å². The fourth-order valence-corrected chi connectivity index (χ4v) is 3.45. The van der Waals surface area contributed by atoms with Crippen molar-refractivity contribution in [3.8, 4) is 0 Å². The second-order valence-corrected chi connectivity index (χ2v) is 6.92. The number of aromatic nitrogens is 1. The zero-order valence-electron chi connectivity index (χ0n) is 10.0. The smallest absolute Gasteiger partial charge is 0.150 e. The molecule has 17 heavy (non-hydrogen) atoms. The van der Waals surface area contributed by atoms with Crippen LogP contribution in [0.2, 0.25) is 0 Å². The summed E-state index contributed by atoms with van der Waals surface area (Å²) in [6.45, 7) is 2.72. The van der Waals surface area contributed by atoms with Crippen molar-refractivity contribution >= 4 is 9.84 Å². The maximum atomic E-state index is 11.3. The first-order valence-corrected chi connectivity index (χ1v) is 7.73. The Bertz CT molecular complexity index is 454. The van der Waals surface area contributed by atoms with Crippen molar-refractivity contribution in [2.75, 3.05) is 11.5 Å². The lowest BCUT2D eigenvalue weighted by Gasteiger charge is -2.23. The summed E-state index contributed by atoms with van der Waals surface area (Å²) in [5.74, 6) is 0.633. The van der Waals surface area contributed by atoms with Gasteiger partial charge in [-0.3, -0.25) is 4.98 Å². The Morgan fingerprint density at radius 2 is 2.06 bits per heavy atom. The Kier molecular flexibility index (Phi) is 3.79. The molecule has 1 aromatic heterocycles. The van der Waals surface area contributed by atoms with Gasteiger partial charge in [-0.15, -0.1) is 0 Å². The lowest BCUT2D eigenvalue weighted by molar-refractivity contribution is 0.462. The zero-order chi connectivity index (χ0) is 12.3. The Labute approximate surface area is 102 Å². The van der Waals surface area contributed by atoms with Crippen molar-refractivity contribution in [1.82, 2.24) is 10.3 Å². The fourth-order valence-electron chi connectivity index (χ4n) is 1.96. The topological polar surface area (TPSA) is 59.1 Å². The number of sulfone groups is 1. The van der Waals surface area contributed by atoms with Crippen molar-refractivity contribution in [3.63, 3.8) is 0 Å². The van der Waals surface area contributed by atoms with Gasteiger partial charge in [0.1, 0.15) is 9.84 Å². The van der Waals surface area contributed by atoms with E-state index in [1.54, 1.807) is 0 Å². The predicted octanol–water partition coefficient (Wildman–Crippen LogP) is 1.06. The largest absolute Gasteiger partial charge is 0.310 e. The van der Waals surface area contributed by atoms with Crippen molar-refractivity contribution < 1.29 is 8.42 Å². The van der Waals surface area contributed by atoms with E-state index in [0.29, 0.717) is 17.5 Å². The summed E-state index contributed by atoms with van der Waals surface area (Å²) in [6.07, 6.45) is 3.31. The summed E-state index contributed by atoms with van der Waals surface area (Å²) < 4.78 is 22.5. The highest BCUT2D eigenvalue weighted by Crippen LogP contribution is 2.12. The highest BCUT2D eigenvalue weighted by molar-refractivity contribution is 7.91. The van der Waals surface area contributed by atoms with Crippen molar-refractivity contribution in [2.24, 2.45) is 0 Å². The monoisotopic (exact) mass is 254 g/mol. The van der Waals surface area contributed by atoms with E-state index in [1.807, 2.05) is 19.2 Å². The Morgan fingerprint density at radius 3 is 2.65 bits per heavy atom. The van der Waals surface area contributed by atoms with Crippen molar-refractivity contribution in [1.29, 1.82) is 0 Å². The van der Waals surface area contributed by atoms with Gasteiger partial charge >= 0.3 is 0 Å². The number of hydrogen-bond donors (Lipinski definition) is 1. The average Bonchev–Trinajstić information content (AvgIpc) is 2.30. The number of pyridine rings is 1. The van der Waals surface area contributed by atoms with Crippen LogP contribution in [0.1, 0.15) is 24.1 Å². The molecule has 1 aliphatic heterocycles. The average molecular weight is 254 g/mol. The minimum Gasteiger partial charge on any atom is -0.310 e. The molecule has 0 unspecified atom stereocenters. The van der Waals surface area contributed by atoms with Crippen LogP contribution in [0.5, 0.6) is 0 Å². The molecule has 2 rings (SSSR count). The number of aryl methyl sites for hydroxylation is 1. The second kappa shape index (κ2) is 5.14. The predicted molar refractivity (Wildman–Crippen MR) is 67.5 cm³/mol. The maximum absolute atomic E-state index is 11.3. The molecule has 1 fully saturated rings. The molecule has 94 valence electrons. The van der Waals surface area contributed by atoms with E-state index in [1.165, 1.54) is 0 Å². The SMILES string of the molecule is Cc1ccc(CNC2CCS(=O)(=O)CC2)cn1. The van der Waals surface area contributed by atoms with Crippen LogP contribution in [0.15, 0.2) is 18.3 Å². The van der Waals surface area contributed by atoms with Gasteiger partial charge in [0, 0.05) is 24.5 Å². The number of nitrogens with one attached hydrogen (secondary N) is 1. The molecule has 0 aliphatic carbocycles. The molecule has 5 heteroatoms. The van der Waals surface area contributed by atoms with Crippen molar-refractivity contribution in [3.05, 3.63) is 29.6 Å². The molecule has 0 bridgehead atoms. The summed E-state index contributed by atoms with van der Waals surface area (Å²) >= 11 is 0. The Balaban J connectivity index is 1.81. The molecule has 1 saturated heterocycles. The molecule has 0 amide bonds. The summed E-state index contributed by atoms with van der Waals surface area (Å²) in [7, 11) is -2.76. The van der Waals surface area contributed by atoms with Crippen LogP contribution in [0.3, 0.4) is 0 Å². The zero-order valence-corrected chi connectivity index (χ0v) is 10.8. The first-order valence-electron chi connectivity index (χ1n) is 5.90. The molecular formula is C12H18N2O2S. The van der Waals surface area contributed by atoms with Crippen LogP contribution in [0, 0.1) is 6.92 Å². The molecule has 0 radical (unpaired) electrons. The molecule has 2 heterocycles. The van der Waals surface area contributed by atoms with E-state index in [-0.39, 0.29) is 0 Å². The highest BCUT2D eigenvalue weighted by Gasteiger charge is 2.22. The van der Waals surface area contributed by atoms with Crippen LogP contribution in [-0.2, 0) is 16.4 Å². The lowest BCUT2D eigenvalue weighted by Crippen LogP contribution is -2.37. The summed E-state index contributed by atoms with van der Waals surface area (Å²) in [4.78, 5) is 4.23. The van der Waals surface area contributed by atoms with E-state index in [4.69, 9.17) is 0 Å². The molecule has 1 aromatic rings. The van der Waals surface area contributed by atoms with Gasteiger partial charge in [-0.2, -0.15) is 0 Å². The van der Waals surface area contributed by atoms with Gasteiger partial charge in [0.25, 0.3) is 0 Å². The standard InChI is InChI=1S/C12H18N2O2S/c1-10-2-3-11(8-13-10)9-14-12-4-6-17(15,16)7-5-12/h2-3,8,12,14H,4-7,9H2,1H3. The summed E-state index contributed by atoms with van der Waals surface area (Å²) in [6, 6.07) is 4.36. The number of rotatable bonds is 3. The van der Waals surface area contributed by atoms with Gasteiger partial charge in [0.05, 0.1) is 11.5 Å². The van der Waals surface area contributed by atoms with E-state index in [9.17, 15) is 8.42 Å². The minimum atomic E-state index is -2.76. The third kappa shape index (κ3) is 3.78. The fraction of sp³-hybridized carbons (Fsp3) is 0.583. The van der Waals surface area contributed by atoms with Crippen LogP contribution < -0.4 is 5.32 Å². The van der Waals surface area contributed by atoms with Gasteiger partial charge in [0.15, 0.2) is 0 Å². The quantitative estimate of drug-likeness (QED) is 0.876. The van der Waals surface area contributed by atoms with Crippen LogP contribution in [0.25, 0.3) is 0 Å². The van der Waals surface area contributed by atoms with Gasteiger partial charge in [0.2, 0.25) is 0 Å². The summed E-state index contributed by atoms with van der Waals surface area (Å²) in [5.41, 5.74) is 2.15. The molecule has 0 saturated carbocycles. The Morgan fingerprint density at radius 1 is 1.35 bits per heavy atom. The molecule has 0 atom stereocenters. The molecule has 4 nitrogen and oxygen atoms in total. The van der Waals surface area contributed by atoms with Gasteiger partial charge in [-0.1, -0.05) is 6.07 Å². The van der Waals surface area contributed by atoms with Gasteiger partial charge in [-0.05, 0) is 31.4 Å². The number of hydrogen-bond acceptors (Lipinski definition) is 4. The van der Waals surface area contributed by atoms with Gasteiger partial charge in [-0.25, -0.2) is 8.42 Å².